The van der Waals surface area contributed by atoms with Crippen LogP contribution in [0.5, 0.6) is 0 Å². The zero-order valence-corrected chi connectivity index (χ0v) is 11.8. The maximum Gasteiger partial charge on any atom is 0.337 e. The van der Waals surface area contributed by atoms with E-state index in [4.69, 9.17) is 5.73 Å². The van der Waals surface area contributed by atoms with Crippen LogP contribution in [0.4, 0.5) is 0 Å². The van der Waals surface area contributed by atoms with Crippen molar-refractivity contribution >= 4 is 24.3 Å². The standard InChI is InChI=1S/C13H18N2O3.ClH/c1-9(14)12(16)15-7-6-10-4-3-5-11(8-10)13(17)18-2;/h3-5,8-9H,6-7,14H2,1-2H3,(H,15,16);1H/t9-;/m1./s1. The number of esters is 1. The van der Waals surface area contributed by atoms with Gasteiger partial charge in [0.2, 0.25) is 5.91 Å². The number of hydrogen-bond acceptors (Lipinski definition) is 4. The summed E-state index contributed by atoms with van der Waals surface area (Å²) in [4.78, 5) is 22.6. The summed E-state index contributed by atoms with van der Waals surface area (Å²) in [5, 5.41) is 2.71. The van der Waals surface area contributed by atoms with Crippen LogP contribution in [-0.2, 0) is 16.0 Å². The fourth-order valence-electron chi connectivity index (χ4n) is 1.46. The molecule has 0 heterocycles. The van der Waals surface area contributed by atoms with E-state index in [0.29, 0.717) is 18.5 Å². The van der Waals surface area contributed by atoms with Crippen LogP contribution >= 0.6 is 12.4 Å². The van der Waals surface area contributed by atoms with E-state index >= 15 is 0 Å². The Bertz CT molecular complexity index is 436. The number of amides is 1. The molecule has 5 nitrogen and oxygen atoms in total. The highest BCUT2D eigenvalue weighted by Crippen LogP contribution is 2.07. The van der Waals surface area contributed by atoms with Crippen LogP contribution in [0.25, 0.3) is 0 Å². The summed E-state index contributed by atoms with van der Waals surface area (Å²) in [6, 6.07) is 6.62. The van der Waals surface area contributed by atoms with E-state index < -0.39 is 6.04 Å². The summed E-state index contributed by atoms with van der Waals surface area (Å²) in [5.74, 6) is -0.546. The van der Waals surface area contributed by atoms with Gasteiger partial charge in [-0.05, 0) is 31.0 Å². The first-order valence-corrected chi connectivity index (χ1v) is 5.75. The lowest BCUT2D eigenvalue weighted by Gasteiger charge is -2.08. The topological polar surface area (TPSA) is 81.4 Å². The Morgan fingerprint density at radius 2 is 2.11 bits per heavy atom. The molecular weight excluding hydrogens is 268 g/mol. The Balaban J connectivity index is 0.00000324. The molecule has 0 saturated carbocycles. The van der Waals surface area contributed by atoms with Crippen molar-refractivity contribution in [3.05, 3.63) is 35.4 Å². The van der Waals surface area contributed by atoms with Gasteiger partial charge in [-0.25, -0.2) is 4.79 Å². The van der Waals surface area contributed by atoms with Crippen molar-refractivity contribution < 1.29 is 14.3 Å². The molecule has 0 spiro atoms. The number of nitrogens with two attached hydrogens (primary N) is 1. The first-order valence-electron chi connectivity index (χ1n) is 5.75. The molecule has 1 rings (SSSR count). The highest BCUT2D eigenvalue weighted by molar-refractivity contribution is 5.89. The summed E-state index contributed by atoms with van der Waals surface area (Å²) in [7, 11) is 1.35. The second-order valence-electron chi connectivity index (χ2n) is 4.02. The van der Waals surface area contributed by atoms with E-state index in [9.17, 15) is 9.59 Å². The highest BCUT2D eigenvalue weighted by atomic mass is 35.5. The van der Waals surface area contributed by atoms with E-state index in [2.05, 4.69) is 10.1 Å². The first-order chi connectivity index (χ1) is 8.54. The van der Waals surface area contributed by atoms with Gasteiger partial charge in [-0.1, -0.05) is 12.1 Å². The molecule has 0 unspecified atom stereocenters. The molecule has 0 radical (unpaired) electrons. The molecule has 1 amide bonds. The number of carbonyl (C=O) groups excluding carboxylic acids is 2. The van der Waals surface area contributed by atoms with Crippen LogP contribution in [0, 0.1) is 0 Å². The number of carbonyl (C=O) groups is 2. The minimum Gasteiger partial charge on any atom is -0.465 e. The van der Waals surface area contributed by atoms with Crippen LogP contribution in [0.2, 0.25) is 0 Å². The molecule has 0 fully saturated rings. The zero-order chi connectivity index (χ0) is 13.5. The van der Waals surface area contributed by atoms with Crippen molar-refractivity contribution in [3.63, 3.8) is 0 Å². The third-order valence-electron chi connectivity index (χ3n) is 2.47. The van der Waals surface area contributed by atoms with E-state index in [1.54, 1.807) is 25.1 Å². The lowest BCUT2D eigenvalue weighted by Crippen LogP contribution is -2.39. The number of nitrogens with one attached hydrogen (secondary N) is 1. The van der Waals surface area contributed by atoms with Crippen molar-refractivity contribution in [1.82, 2.24) is 5.32 Å². The molecule has 0 aliphatic heterocycles. The number of benzene rings is 1. The Morgan fingerprint density at radius 3 is 2.68 bits per heavy atom. The van der Waals surface area contributed by atoms with E-state index in [1.165, 1.54) is 7.11 Å². The van der Waals surface area contributed by atoms with E-state index in [-0.39, 0.29) is 24.3 Å². The molecule has 3 N–H and O–H groups in total. The lowest BCUT2D eigenvalue weighted by molar-refractivity contribution is -0.121. The largest absolute Gasteiger partial charge is 0.465 e. The third-order valence-corrected chi connectivity index (χ3v) is 2.47. The summed E-state index contributed by atoms with van der Waals surface area (Å²) in [6.07, 6.45) is 0.642. The van der Waals surface area contributed by atoms with Gasteiger partial charge in [0.25, 0.3) is 0 Å². The lowest BCUT2D eigenvalue weighted by atomic mass is 10.1. The Kier molecular flexibility index (Phi) is 7.79. The van der Waals surface area contributed by atoms with Crippen LogP contribution < -0.4 is 11.1 Å². The molecule has 0 aliphatic rings. The van der Waals surface area contributed by atoms with Gasteiger partial charge in [-0.2, -0.15) is 0 Å². The van der Waals surface area contributed by atoms with Gasteiger partial charge in [-0.15, -0.1) is 12.4 Å². The van der Waals surface area contributed by atoms with Crippen LogP contribution in [0.1, 0.15) is 22.8 Å². The predicted octanol–water partition coefficient (Wildman–Crippen LogP) is 0.901. The molecule has 0 saturated heterocycles. The summed E-state index contributed by atoms with van der Waals surface area (Å²) >= 11 is 0. The molecule has 0 aliphatic carbocycles. The fraction of sp³-hybridized carbons (Fsp3) is 0.385. The Morgan fingerprint density at radius 1 is 1.42 bits per heavy atom. The molecular formula is C13H19ClN2O3. The predicted molar refractivity (Wildman–Crippen MR) is 75.4 cm³/mol. The van der Waals surface area contributed by atoms with E-state index in [0.717, 1.165) is 5.56 Å². The zero-order valence-electron chi connectivity index (χ0n) is 11.0. The van der Waals surface area contributed by atoms with Gasteiger partial charge in [0.15, 0.2) is 0 Å². The quantitative estimate of drug-likeness (QED) is 0.788. The molecule has 0 aromatic heterocycles. The number of ether oxygens (including phenoxy) is 1. The molecule has 19 heavy (non-hydrogen) atoms. The molecule has 1 aromatic carbocycles. The van der Waals surface area contributed by atoms with Gasteiger partial charge >= 0.3 is 5.97 Å². The van der Waals surface area contributed by atoms with Gasteiger partial charge in [-0.3, -0.25) is 4.79 Å². The number of halogens is 1. The van der Waals surface area contributed by atoms with Gasteiger partial charge in [0.1, 0.15) is 0 Å². The van der Waals surface area contributed by atoms with Crippen molar-refractivity contribution in [2.24, 2.45) is 5.73 Å². The Labute approximate surface area is 118 Å². The van der Waals surface area contributed by atoms with Crippen LogP contribution in [0.3, 0.4) is 0 Å². The maximum atomic E-state index is 11.3. The second kappa shape index (κ2) is 8.50. The monoisotopic (exact) mass is 286 g/mol. The minimum absolute atomic E-state index is 0. The molecule has 0 bridgehead atoms. The normalized spacial score (nSPS) is 11.1. The first kappa shape index (κ1) is 17.4. The second-order valence-corrected chi connectivity index (χ2v) is 4.02. The number of hydrogen-bond donors (Lipinski definition) is 2. The SMILES string of the molecule is COC(=O)c1cccc(CCNC(=O)[C@@H](C)N)c1.Cl. The van der Waals surface area contributed by atoms with Gasteiger partial charge < -0.3 is 15.8 Å². The highest BCUT2D eigenvalue weighted by Gasteiger charge is 2.07. The van der Waals surface area contributed by atoms with Crippen molar-refractivity contribution in [1.29, 1.82) is 0 Å². The smallest absolute Gasteiger partial charge is 0.337 e. The third kappa shape index (κ3) is 5.72. The summed E-state index contributed by atoms with van der Waals surface area (Å²) in [5.41, 5.74) is 6.89. The van der Waals surface area contributed by atoms with Crippen molar-refractivity contribution in [2.75, 3.05) is 13.7 Å². The minimum atomic E-state index is -0.508. The molecule has 1 atom stereocenters. The van der Waals surface area contributed by atoms with Gasteiger partial charge in [0, 0.05) is 6.54 Å². The number of rotatable bonds is 5. The molecule has 1 aromatic rings. The average molecular weight is 287 g/mol. The van der Waals surface area contributed by atoms with Crippen molar-refractivity contribution in [2.45, 2.75) is 19.4 Å². The van der Waals surface area contributed by atoms with Crippen molar-refractivity contribution in [3.8, 4) is 0 Å². The van der Waals surface area contributed by atoms with Crippen LogP contribution in [-0.4, -0.2) is 31.6 Å². The van der Waals surface area contributed by atoms with Gasteiger partial charge in [0.05, 0.1) is 18.7 Å². The summed E-state index contributed by atoms with van der Waals surface area (Å²) in [6.45, 7) is 2.12. The summed E-state index contributed by atoms with van der Waals surface area (Å²) < 4.78 is 4.64. The molecule has 6 heteroatoms. The van der Waals surface area contributed by atoms with Crippen LogP contribution in [0.15, 0.2) is 24.3 Å². The number of methoxy groups -OCH3 is 1. The fourth-order valence-corrected chi connectivity index (χ4v) is 1.46. The Hall–Kier alpha value is -1.59. The maximum absolute atomic E-state index is 11.3. The molecule has 106 valence electrons. The average Bonchev–Trinajstić information content (AvgIpc) is 2.37. The van der Waals surface area contributed by atoms with E-state index in [1.807, 2.05) is 6.07 Å².